The maximum absolute atomic E-state index is 14.1. The highest BCUT2D eigenvalue weighted by molar-refractivity contribution is 7.53. The van der Waals surface area contributed by atoms with E-state index in [1.807, 2.05) is 105 Å². The quantitative estimate of drug-likeness (QED) is 0.194. The van der Waals surface area contributed by atoms with Gasteiger partial charge in [0.15, 0.2) is 0 Å². The van der Waals surface area contributed by atoms with E-state index in [9.17, 15) is 14.2 Å². The lowest BCUT2D eigenvalue weighted by atomic mass is 10.1. The number of urea groups is 1. The van der Waals surface area contributed by atoms with E-state index in [4.69, 9.17) is 13.8 Å². The van der Waals surface area contributed by atoms with E-state index in [2.05, 4.69) is 5.32 Å². The van der Waals surface area contributed by atoms with Gasteiger partial charge in [0, 0.05) is 13.0 Å². The molecule has 2 amide bonds. The number of amides is 2. The molecule has 0 saturated carbocycles. The molecule has 0 aliphatic heterocycles. The molecule has 0 aliphatic carbocycles. The lowest BCUT2D eigenvalue weighted by molar-refractivity contribution is -0.142. The van der Waals surface area contributed by atoms with Crippen LogP contribution in [0.25, 0.3) is 0 Å². The average molecular weight is 553 g/mol. The molecule has 208 valence electrons. The zero-order valence-corrected chi connectivity index (χ0v) is 23.6. The highest BCUT2D eigenvalue weighted by atomic mass is 31.2. The van der Waals surface area contributed by atoms with E-state index in [0.29, 0.717) is 0 Å². The zero-order chi connectivity index (χ0) is 28.1. The number of nitrogens with zero attached hydrogens (tertiary/aromatic N) is 1. The van der Waals surface area contributed by atoms with E-state index < -0.39 is 25.6 Å². The van der Waals surface area contributed by atoms with Crippen molar-refractivity contribution in [3.8, 4) is 0 Å². The summed E-state index contributed by atoms with van der Waals surface area (Å²) in [7, 11) is -2.53. The monoisotopic (exact) mass is 552 g/mol. The minimum atomic E-state index is -3.81. The van der Waals surface area contributed by atoms with Crippen LogP contribution >= 0.6 is 7.60 Å². The molecule has 3 rings (SSSR count). The first-order valence-electron chi connectivity index (χ1n) is 12.9. The number of benzene rings is 3. The Bertz CT molecular complexity index is 1160. The fourth-order valence-corrected chi connectivity index (χ4v) is 5.48. The van der Waals surface area contributed by atoms with E-state index in [1.54, 1.807) is 0 Å². The van der Waals surface area contributed by atoms with Crippen molar-refractivity contribution >= 4 is 19.6 Å². The molecule has 0 saturated heterocycles. The largest absolute Gasteiger partial charge is 0.467 e. The summed E-state index contributed by atoms with van der Waals surface area (Å²) in [4.78, 5) is 27.4. The molecule has 39 heavy (non-hydrogen) atoms. The molecule has 0 fully saturated rings. The van der Waals surface area contributed by atoms with Gasteiger partial charge in [-0.25, -0.2) is 9.59 Å². The van der Waals surface area contributed by atoms with Gasteiger partial charge in [-0.05, 0) is 22.6 Å². The summed E-state index contributed by atoms with van der Waals surface area (Å²) in [5, 5.41) is 2.77. The third-order valence-electron chi connectivity index (χ3n) is 5.82. The Hall–Kier alpha value is -3.45. The van der Waals surface area contributed by atoms with Gasteiger partial charge in [0.1, 0.15) is 12.3 Å². The SMILES string of the molecule is COC(=O)[C@H](Cc1ccccc1)NC(=O)N(CC(C)C)CP(=O)(OCc1ccccc1)OCc1ccccc1. The average Bonchev–Trinajstić information content (AvgIpc) is 2.95. The number of carbonyl (C=O) groups is 2. The lowest BCUT2D eigenvalue weighted by Gasteiger charge is -2.30. The number of rotatable bonds is 14. The molecule has 0 unspecified atom stereocenters. The van der Waals surface area contributed by atoms with Crippen molar-refractivity contribution in [2.75, 3.05) is 19.9 Å². The van der Waals surface area contributed by atoms with Crippen molar-refractivity contribution in [1.82, 2.24) is 10.2 Å². The number of esters is 1. The minimum Gasteiger partial charge on any atom is -0.467 e. The Morgan fingerprint density at radius 1 is 0.795 bits per heavy atom. The Balaban J connectivity index is 1.80. The predicted octanol–water partition coefficient (Wildman–Crippen LogP) is 6.02. The smallest absolute Gasteiger partial charge is 0.350 e. The predicted molar refractivity (Wildman–Crippen MR) is 151 cm³/mol. The molecule has 1 atom stereocenters. The molecule has 0 spiro atoms. The van der Waals surface area contributed by atoms with Gasteiger partial charge in [-0.2, -0.15) is 0 Å². The topological polar surface area (TPSA) is 94.2 Å². The van der Waals surface area contributed by atoms with Gasteiger partial charge in [0.25, 0.3) is 0 Å². The Morgan fingerprint density at radius 2 is 1.26 bits per heavy atom. The summed E-state index contributed by atoms with van der Waals surface area (Å²) in [5.74, 6) is -0.515. The number of methoxy groups -OCH3 is 1. The standard InChI is InChI=1S/C30H37N2O6P/c1-24(2)20-32(30(34)31-28(29(33)36-3)19-25-13-7-4-8-14-25)23-39(35,37-21-26-15-9-5-10-16-26)38-22-27-17-11-6-12-18-27/h4-18,24,28H,19-23H2,1-3H3,(H,31,34)/t28-/m0/s1. The molecule has 8 nitrogen and oxygen atoms in total. The third-order valence-corrected chi connectivity index (χ3v) is 7.56. The van der Waals surface area contributed by atoms with Crippen LogP contribution in [0, 0.1) is 5.92 Å². The van der Waals surface area contributed by atoms with Gasteiger partial charge in [0.2, 0.25) is 0 Å². The summed E-state index contributed by atoms with van der Waals surface area (Å²) in [6.45, 7) is 4.29. The first kappa shape index (κ1) is 30.1. The summed E-state index contributed by atoms with van der Waals surface area (Å²) < 4.78 is 30.8. The second-order valence-electron chi connectivity index (χ2n) is 9.60. The van der Waals surface area contributed by atoms with Crippen molar-refractivity contribution in [3.05, 3.63) is 108 Å². The van der Waals surface area contributed by atoms with E-state index >= 15 is 0 Å². The van der Waals surface area contributed by atoms with Gasteiger partial charge >= 0.3 is 19.6 Å². The van der Waals surface area contributed by atoms with Crippen molar-refractivity contribution in [2.45, 2.75) is 39.5 Å². The molecule has 9 heteroatoms. The van der Waals surface area contributed by atoms with Crippen LogP contribution in [0.1, 0.15) is 30.5 Å². The first-order chi connectivity index (χ1) is 18.8. The molecule has 0 heterocycles. The molecule has 0 aliphatic rings. The Kier molecular flexibility index (Phi) is 11.7. The first-order valence-corrected chi connectivity index (χ1v) is 14.6. The summed E-state index contributed by atoms with van der Waals surface area (Å²) >= 11 is 0. The normalized spacial score (nSPS) is 12.1. The molecule has 0 radical (unpaired) electrons. The molecule has 3 aromatic rings. The van der Waals surface area contributed by atoms with Gasteiger partial charge in [-0.15, -0.1) is 0 Å². The molecule has 0 bridgehead atoms. The summed E-state index contributed by atoms with van der Waals surface area (Å²) in [6.07, 6.45) is -0.0304. The maximum Gasteiger partial charge on any atom is 0.350 e. The Labute approximate surface area is 230 Å². The number of hydrogen-bond donors (Lipinski definition) is 1. The van der Waals surface area contributed by atoms with Crippen LogP contribution in [-0.2, 0) is 42.8 Å². The maximum atomic E-state index is 14.1. The fraction of sp³-hybridized carbons (Fsp3) is 0.333. The van der Waals surface area contributed by atoms with E-state index in [1.165, 1.54) is 12.0 Å². The van der Waals surface area contributed by atoms with Crippen LogP contribution in [0.4, 0.5) is 4.79 Å². The van der Waals surface area contributed by atoms with Gasteiger partial charge < -0.3 is 24.0 Å². The van der Waals surface area contributed by atoms with Crippen LogP contribution < -0.4 is 5.32 Å². The van der Waals surface area contributed by atoms with Crippen molar-refractivity contribution in [3.63, 3.8) is 0 Å². The molecule has 0 aromatic heterocycles. The van der Waals surface area contributed by atoms with Gasteiger partial charge in [-0.1, -0.05) is 105 Å². The molecular weight excluding hydrogens is 515 g/mol. The zero-order valence-electron chi connectivity index (χ0n) is 22.7. The fourth-order valence-electron chi connectivity index (χ4n) is 3.89. The Morgan fingerprint density at radius 3 is 1.69 bits per heavy atom. The number of hydrogen-bond acceptors (Lipinski definition) is 6. The number of ether oxygens (including phenoxy) is 1. The second kappa shape index (κ2) is 15.2. The van der Waals surface area contributed by atoms with Gasteiger partial charge in [0.05, 0.1) is 20.3 Å². The third kappa shape index (κ3) is 10.3. The van der Waals surface area contributed by atoms with E-state index in [0.717, 1.165) is 16.7 Å². The highest BCUT2D eigenvalue weighted by Crippen LogP contribution is 2.50. The molecule has 3 aromatic carbocycles. The van der Waals surface area contributed by atoms with Gasteiger partial charge in [-0.3, -0.25) is 4.57 Å². The van der Waals surface area contributed by atoms with Crippen molar-refractivity contribution in [1.29, 1.82) is 0 Å². The summed E-state index contributed by atoms with van der Waals surface area (Å²) in [6, 6.07) is 26.6. The molecule has 1 N–H and O–H groups in total. The molecular formula is C30H37N2O6P. The number of nitrogens with one attached hydrogen (secondary N) is 1. The van der Waals surface area contributed by atoms with Crippen LogP contribution in [0.2, 0.25) is 0 Å². The van der Waals surface area contributed by atoms with Crippen molar-refractivity contribution < 1.29 is 27.9 Å². The van der Waals surface area contributed by atoms with E-state index in [-0.39, 0.29) is 38.4 Å². The highest BCUT2D eigenvalue weighted by Gasteiger charge is 2.33. The van der Waals surface area contributed by atoms with Crippen LogP contribution in [0.5, 0.6) is 0 Å². The van der Waals surface area contributed by atoms with Crippen LogP contribution in [-0.4, -0.2) is 42.9 Å². The second-order valence-corrected chi connectivity index (χ2v) is 11.6. The van der Waals surface area contributed by atoms with Crippen LogP contribution in [0.3, 0.4) is 0 Å². The van der Waals surface area contributed by atoms with Crippen LogP contribution in [0.15, 0.2) is 91.0 Å². The minimum absolute atomic E-state index is 0.0538. The number of carbonyl (C=O) groups excluding carboxylic acids is 2. The lowest BCUT2D eigenvalue weighted by Crippen LogP contribution is -2.50. The summed E-state index contributed by atoms with van der Waals surface area (Å²) in [5.41, 5.74) is 2.52. The van der Waals surface area contributed by atoms with Crippen molar-refractivity contribution in [2.24, 2.45) is 5.92 Å².